The van der Waals surface area contributed by atoms with E-state index in [0.29, 0.717) is 45.7 Å². The predicted molar refractivity (Wildman–Crippen MR) is 103 cm³/mol. The number of allylic oxidation sites excluding steroid dienone is 1. The van der Waals surface area contributed by atoms with Gasteiger partial charge in [-0.05, 0) is 32.0 Å². The van der Waals surface area contributed by atoms with Crippen LogP contribution in [0.1, 0.15) is 31.9 Å². The molecule has 1 fully saturated rings. The molecule has 144 valence electrons. The van der Waals surface area contributed by atoms with Crippen molar-refractivity contribution < 1.29 is 23.8 Å². The van der Waals surface area contributed by atoms with Gasteiger partial charge in [-0.25, -0.2) is 9.79 Å². The minimum absolute atomic E-state index is 0.0864. The highest BCUT2D eigenvalue weighted by molar-refractivity contribution is 8.14. The van der Waals surface area contributed by atoms with Crippen LogP contribution in [-0.2, 0) is 14.3 Å². The van der Waals surface area contributed by atoms with Crippen LogP contribution in [0.15, 0.2) is 34.5 Å². The van der Waals surface area contributed by atoms with E-state index >= 15 is 0 Å². The number of benzene rings is 1. The fourth-order valence-electron chi connectivity index (χ4n) is 3.21. The van der Waals surface area contributed by atoms with E-state index in [2.05, 4.69) is 4.99 Å². The summed E-state index contributed by atoms with van der Waals surface area (Å²) in [7, 11) is 3.12. The molecule has 0 bridgehead atoms. The summed E-state index contributed by atoms with van der Waals surface area (Å²) in [6, 6.07) is 4.64. The lowest BCUT2D eigenvalue weighted by atomic mass is 9.93. The zero-order chi connectivity index (χ0) is 19.6. The first-order valence-corrected chi connectivity index (χ1v) is 9.63. The van der Waals surface area contributed by atoms with Crippen molar-refractivity contribution in [1.82, 2.24) is 4.90 Å². The zero-order valence-corrected chi connectivity index (χ0v) is 16.6. The molecular weight excluding hydrogens is 368 g/mol. The van der Waals surface area contributed by atoms with E-state index < -0.39 is 12.0 Å². The molecule has 0 N–H and O–H groups in total. The minimum atomic E-state index is -0.679. The molecule has 2 aliphatic heterocycles. The van der Waals surface area contributed by atoms with Gasteiger partial charge in [-0.2, -0.15) is 0 Å². The van der Waals surface area contributed by atoms with Crippen LogP contribution in [0.2, 0.25) is 0 Å². The number of methoxy groups -OCH3 is 2. The Labute approximate surface area is 162 Å². The topological polar surface area (TPSA) is 77.4 Å². The Bertz CT molecular complexity index is 833. The number of fused-ring (bicyclic) bond motifs is 1. The fourth-order valence-corrected chi connectivity index (χ4v) is 4.22. The lowest BCUT2D eigenvalue weighted by Gasteiger charge is -2.39. The third kappa shape index (κ3) is 3.53. The number of rotatable bonds is 5. The highest BCUT2D eigenvalue weighted by Gasteiger charge is 2.42. The van der Waals surface area contributed by atoms with Gasteiger partial charge in [-0.3, -0.25) is 9.69 Å². The van der Waals surface area contributed by atoms with Crippen LogP contribution in [0.25, 0.3) is 0 Å². The SMILES string of the molecule is CCOC(=O)C1=C(C)N=C2SCCC(=O)N2[C@H]1c1cc(OC)ccc1OC. The van der Waals surface area contributed by atoms with Crippen LogP contribution in [-0.4, -0.2) is 48.5 Å². The third-order valence-corrected chi connectivity index (χ3v) is 5.39. The quantitative estimate of drug-likeness (QED) is 0.720. The molecule has 0 radical (unpaired) electrons. The van der Waals surface area contributed by atoms with Gasteiger partial charge in [-0.15, -0.1) is 0 Å². The summed E-state index contributed by atoms with van der Waals surface area (Å²) in [5.41, 5.74) is 1.53. The third-order valence-electron chi connectivity index (χ3n) is 4.43. The fraction of sp³-hybridized carbons (Fsp3) is 0.421. The average molecular weight is 390 g/mol. The van der Waals surface area contributed by atoms with E-state index in [1.165, 1.54) is 11.8 Å². The van der Waals surface area contributed by atoms with Crippen molar-refractivity contribution in [2.45, 2.75) is 26.3 Å². The molecule has 0 aliphatic carbocycles. The molecule has 0 spiro atoms. The first-order chi connectivity index (χ1) is 13.0. The summed E-state index contributed by atoms with van der Waals surface area (Å²) in [5.74, 6) is 1.25. The smallest absolute Gasteiger partial charge is 0.338 e. The van der Waals surface area contributed by atoms with Gasteiger partial charge >= 0.3 is 5.97 Å². The van der Waals surface area contributed by atoms with Crippen LogP contribution < -0.4 is 9.47 Å². The number of nitrogens with zero attached hydrogens (tertiary/aromatic N) is 2. The average Bonchev–Trinajstić information content (AvgIpc) is 2.66. The van der Waals surface area contributed by atoms with E-state index in [1.807, 2.05) is 0 Å². The van der Waals surface area contributed by atoms with Gasteiger partial charge in [-0.1, -0.05) is 11.8 Å². The Morgan fingerprint density at radius 3 is 2.78 bits per heavy atom. The molecule has 2 aliphatic rings. The Kier molecular flexibility index (Phi) is 5.74. The van der Waals surface area contributed by atoms with E-state index in [1.54, 1.807) is 51.2 Å². The first-order valence-electron chi connectivity index (χ1n) is 8.65. The standard InChI is InChI=1S/C19H22N2O5S/c1-5-26-18(23)16-11(2)20-19-21(15(22)8-9-27-19)17(16)13-10-12(24-3)6-7-14(13)25-4/h6-7,10,17H,5,8-9H2,1-4H3/t17-/m0/s1. The largest absolute Gasteiger partial charge is 0.497 e. The van der Waals surface area contributed by atoms with E-state index in [-0.39, 0.29) is 12.5 Å². The van der Waals surface area contributed by atoms with E-state index in [4.69, 9.17) is 14.2 Å². The van der Waals surface area contributed by atoms with Crippen molar-refractivity contribution >= 4 is 28.8 Å². The summed E-state index contributed by atoms with van der Waals surface area (Å²) in [6.07, 6.45) is 0.377. The number of amidine groups is 1. The number of hydrogen-bond donors (Lipinski definition) is 0. The number of esters is 1. The summed E-state index contributed by atoms with van der Waals surface area (Å²) in [4.78, 5) is 31.6. The second-order valence-corrected chi connectivity index (χ2v) is 7.05. The number of ether oxygens (including phenoxy) is 3. The maximum atomic E-state index is 12.8. The Morgan fingerprint density at radius 2 is 2.11 bits per heavy atom. The molecule has 2 heterocycles. The highest BCUT2D eigenvalue weighted by Crippen LogP contribution is 2.44. The van der Waals surface area contributed by atoms with Crippen molar-refractivity contribution in [3.05, 3.63) is 35.0 Å². The molecular formula is C19H22N2O5S. The van der Waals surface area contributed by atoms with Crippen LogP contribution >= 0.6 is 11.8 Å². The maximum absolute atomic E-state index is 12.8. The van der Waals surface area contributed by atoms with Crippen LogP contribution in [0.5, 0.6) is 11.5 Å². The molecule has 1 aromatic carbocycles. The summed E-state index contributed by atoms with van der Waals surface area (Å²) in [5, 5.41) is 0.590. The van der Waals surface area contributed by atoms with Gasteiger partial charge in [0.2, 0.25) is 5.91 Å². The van der Waals surface area contributed by atoms with Crippen molar-refractivity contribution in [1.29, 1.82) is 0 Å². The molecule has 0 unspecified atom stereocenters. The van der Waals surface area contributed by atoms with Crippen molar-refractivity contribution in [2.75, 3.05) is 26.6 Å². The first kappa shape index (κ1) is 19.3. The van der Waals surface area contributed by atoms with Gasteiger partial charge in [0.25, 0.3) is 0 Å². The number of amides is 1. The lowest BCUT2D eigenvalue weighted by molar-refractivity contribution is -0.139. The Morgan fingerprint density at radius 1 is 1.33 bits per heavy atom. The normalized spacial score (nSPS) is 19.4. The lowest BCUT2D eigenvalue weighted by Crippen LogP contribution is -2.46. The molecule has 1 saturated heterocycles. The summed E-state index contributed by atoms with van der Waals surface area (Å²) >= 11 is 1.50. The molecule has 3 rings (SSSR count). The molecule has 8 heteroatoms. The van der Waals surface area contributed by atoms with Crippen LogP contribution in [0, 0.1) is 0 Å². The van der Waals surface area contributed by atoms with Gasteiger partial charge in [0.05, 0.1) is 32.1 Å². The minimum Gasteiger partial charge on any atom is -0.497 e. The number of thioether (sulfide) groups is 1. The Balaban J connectivity index is 2.23. The van der Waals surface area contributed by atoms with Crippen LogP contribution in [0.3, 0.4) is 0 Å². The number of aliphatic imine (C=N–C) groups is 1. The molecule has 1 amide bonds. The van der Waals surface area contributed by atoms with Gasteiger partial charge in [0.1, 0.15) is 17.5 Å². The van der Waals surface area contributed by atoms with Crippen molar-refractivity contribution in [3.8, 4) is 11.5 Å². The second kappa shape index (κ2) is 8.04. The van der Waals surface area contributed by atoms with Gasteiger partial charge in [0, 0.05) is 17.7 Å². The molecule has 1 atom stereocenters. The second-order valence-electron chi connectivity index (χ2n) is 5.99. The maximum Gasteiger partial charge on any atom is 0.338 e. The Hall–Kier alpha value is -2.48. The number of carbonyl (C=O) groups excluding carboxylic acids is 2. The van der Waals surface area contributed by atoms with Gasteiger partial charge in [0.15, 0.2) is 5.17 Å². The van der Waals surface area contributed by atoms with Crippen molar-refractivity contribution in [2.24, 2.45) is 4.99 Å². The monoisotopic (exact) mass is 390 g/mol. The van der Waals surface area contributed by atoms with Crippen LogP contribution in [0.4, 0.5) is 0 Å². The molecule has 27 heavy (non-hydrogen) atoms. The van der Waals surface area contributed by atoms with E-state index in [0.717, 1.165) is 0 Å². The molecule has 0 aromatic heterocycles. The zero-order valence-electron chi connectivity index (χ0n) is 15.8. The predicted octanol–water partition coefficient (Wildman–Crippen LogP) is 2.92. The molecule has 7 nitrogen and oxygen atoms in total. The summed E-state index contributed by atoms with van der Waals surface area (Å²) in [6.45, 7) is 3.74. The number of hydrogen-bond acceptors (Lipinski definition) is 7. The summed E-state index contributed by atoms with van der Waals surface area (Å²) < 4.78 is 16.1. The van der Waals surface area contributed by atoms with Gasteiger partial charge < -0.3 is 14.2 Å². The molecule has 1 aromatic rings. The van der Waals surface area contributed by atoms with E-state index in [9.17, 15) is 9.59 Å². The highest BCUT2D eigenvalue weighted by atomic mass is 32.2. The number of carbonyl (C=O) groups is 2. The molecule has 0 saturated carbocycles. The van der Waals surface area contributed by atoms with Crippen molar-refractivity contribution in [3.63, 3.8) is 0 Å².